The van der Waals surface area contributed by atoms with Crippen LogP contribution in [0.3, 0.4) is 0 Å². The van der Waals surface area contributed by atoms with E-state index in [1.807, 2.05) is 67.6 Å². The molecule has 1 aliphatic rings. The zero-order valence-electron chi connectivity index (χ0n) is 14.2. The largest absolute Gasteiger partial charge is 0.467 e. The number of hydrogen-bond donors (Lipinski definition) is 0. The molecule has 4 nitrogen and oxygen atoms in total. The van der Waals surface area contributed by atoms with Gasteiger partial charge >= 0.3 is 0 Å². The fourth-order valence-electron chi connectivity index (χ4n) is 3.05. The summed E-state index contributed by atoms with van der Waals surface area (Å²) in [4.78, 5) is 13.1. The van der Waals surface area contributed by atoms with Gasteiger partial charge in [-0.05, 0) is 48.9 Å². The molecule has 0 spiro atoms. The highest BCUT2D eigenvalue weighted by Crippen LogP contribution is 2.34. The smallest absolute Gasteiger partial charge is 0.274 e. The molecule has 0 bridgehead atoms. The highest BCUT2D eigenvalue weighted by atomic mass is 35.5. The molecule has 130 valence electrons. The summed E-state index contributed by atoms with van der Waals surface area (Å²) in [6.07, 6.45) is 2.21. The lowest BCUT2D eigenvalue weighted by Gasteiger charge is -2.20. The topological polar surface area (TPSA) is 45.8 Å². The first-order valence-electron chi connectivity index (χ1n) is 8.39. The predicted molar refractivity (Wildman–Crippen MR) is 101 cm³/mol. The molecule has 1 aromatic heterocycles. The fourth-order valence-corrected chi connectivity index (χ4v) is 3.17. The van der Waals surface area contributed by atoms with Crippen LogP contribution in [0, 0.1) is 6.92 Å². The van der Waals surface area contributed by atoms with Crippen molar-refractivity contribution in [3.8, 4) is 0 Å². The van der Waals surface area contributed by atoms with Gasteiger partial charge in [-0.25, -0.2) is 5.01 Å². The number of benzene rings is 2. The van der Waals surface area contributed by atoms with Gasteiger partial charge in [0.2, 0.25) is 0 Å². The SMILES string of the molecule is Cc1ccc(C(=O)N2N=C(c3ccc(Cl)cc3)CC2c2ccco2)cc1. The standard InChI is InChI=1S/C21H17ClN2O2/c1-14-4-6-16(7-5-14)21(25)24-19(20-3-2-12-26-20)13-18(23-24)15-8-10-17(22)11-9-15/h2-12,19H,13H2,1H3. The van der Waals surface area contributed by atoms with Crippen LogP contribution in [0.1, 0.15) is 39.7 Å². The van der Waals surface area contributed by atoms with Crippen LogP contribution >= 0.6 is 11.6 Å². The van der Waals surface area contributed by atoms with E-state index in [2.05, 4.69) is 5.10 Å². The molecule has 0 N–H and O–H groups in total. The first kappa shape index (κ1) is 16.6. The van der Waals surface area contributed by atoms with Crippen LogP contribution in [0.4, 0.5) is 0 Å². The van der Waals surface area contributed by atoms with Crippen LogP contribution in [0.25, 0.3) is 0 Å². The summed E-state index contributed by atoms with van der Waals surface area (Å²) in [7, 11) is 0. The van der Waals surface area contributed by atoms with Gasteiger partial charge in [0.1, 0.15) is 11.8 Å². The van der Waals surface area contributed by atoms with E-state index in [9.17, 15) is 4.79 Å². The van der Waals surface area contributed by atoms with E-state index in [4.69, 9.17) is 16.0 Å². The molecule has 26 heavy (non-hydrogen) atoms. The van der Waals surface area contributed by atoms with Crippen molar-refractivity contribution in [3.63, 3.8) is 0 Å². The van der Waals surface area contributed by atoms with Crippen molar-refractivity contribution in [2.75, 3.05) is 0 Å². The first-order valence-corrected chi connectivity index (χ1v) is 8.76. The first-order chi connectivity index (χ1) is 12.6. The molecule has 4 rings (SSSR count). The molecule has 0 aliphatic carbocycles. The summed E-state index contributed by atoms with van der Waals surface area (Å²) in [6, 6.07) is 18.4. The number of furan rings is 1. The monoisotopic (exact) mass is 364 g/mol. The van der Waals surface area contributed by atoms with E-state index in [1.165, 1.54) is 5.01 Å². The van der Waals surface area contributed by atoms with Crippen LogP contribution in [0.15, 0.2) is 76.4 Å². The van der Waals surface area contributed by atoms with Crippen molar-refractivity contribution < 1.29 is 9.21 Å². The van der Waals surface area contributed by atoms with Crippen LogP contribution in [0.5, 0.6) is 0 Å². The van der Waals surface area contributed by atoms with Crippen LogP contribution in [-0.2, 0) is 0 Å². The van der Waals surface area contributed by atoms with Crippen molar-refractivity contribution in [1.29, 1.82) is 0 Å². The molecule has 1 aliphatic heterocycles. The van der Waals surface area contributed by atoms with Gasteiger partial charge in [-0.3, -0.25) is 4.79 Å². The van der Waals surface area contributed by atoms with Gasteiger partial charge < -0.3 is 4.42 Å². The number of nitrogens with zero attached hydrogens (tertiary/aromatic N) is 2. The number of amides is 1. The minimum Gasteiger partial charge on any atom is -0.467 e. The Hall–Kier alpha value is -2.85. The van der Waals surface area contributed by atoms with E-state index < -0.39 is 0 Å². The van der Waals surface area contributed by atoms with Crippen LogP contribution in [0.2, 0.25) is 5.02 Å². The van der Waals surface area contributed by atoms with Gasteiger partial charge in [-0.1, -0.05) is 41.4 Å². The Bertz CT molecular complexity index is 945. The second-order valence-corrected chi connectivity index (χ2v) is 6.74. The summed E-state index contributed by atoms with van der Waals surface area (Å²) in [5, 5.41) is 6.81. The fraction of sp³-hybridized carbons (Fsp3) is 0.143. The minimum atomic E-state index is -0.260. The molecule has 3 aromatic rings. The number of carbonyl (C=O) groups excluding carboxylic acids is 1. The lowest BCUT2D eigenvalue weighted by atomic mass is 10.0. The number of halogens is 1. The lowest BCUT2D eigenvalue weighted by molar-refractivity contribution is 0.0693. The third kappa shape index (κ3) is 3.16. The highest BCUT2D eigenvalue weighted by Gasteiger charge is 2.35. The van der Waals surface area contributed by atoms with Gasteiger partial charge in [0.15, 0.2) is 0 Å². The van der Waals surface area contributed by atoms with Crippen molar-refractivity contribution in [2.24, 2.45) is 5.10 Å². The summed E-state index contributed by atoms with van der Waals surface area (Å²) in [5.41, 5.74) is 3.50. The van der Waals surface area contributed by atoms with E-state index in [0.29, 0.717) is 17.0 Å². The maximum Gasteiger partial charge on any atom is 0.274 e. The Kier molecular flexibility index (Phi) is 4.35. The molecule has 1 amide bonds. The van der Waals surface area contributed by atoms with Crippen molar-refractivity contribution in [1.82, 2.24) is 5.01 Å². The maximum absolute atomic E-state index is 13.1. The quantitative estimate of drug-likeness (QED) is 0.638. The Morgan fingerprint density at radius 1 is 1.12 bits per heavy atom. The number of carbonyl (C=O) groups is 1. The molecule has 1 atom stereocenters. The minimum absolute atomic E-state index is 0.143. The number of rotatable bonds is 3. The molecular formula is C21H17ClN2O2. The normalized spacial score (nSPS) is 16.6. The van der Waals surface area contributed by atoms with Gasteiger partial charge in [0.25, 0.3) is 5.91 Å². The summed E-state index contributed by atoms with van der Waals surface area (Å²) in [6.45, 7) is 1.99. The van der Waals surface area contributed by atoms with Gasteiger partial charge in [0, 0.05) is 17.0 Å². The second kappa shape index (κ2) is 6.81. The molecule has 0 saturated carbocycles. The Morgan fingerprint density at radius 3 is 2.50 bits per heavy atom. The van der Waals surface area contributed by atoms with E-state index in [-0.39, 0.29) is 11.9 Å². The summed E-state index contributed by atoms with van der Waals surface area (Å²) in [5.74, 6) is 0.577. The van der Waals surface area contributed by atoms with Crippen molar-refractivity contribution >= 4 is 23.2 Å². The molecule has 2 aromatic carbocycles. The summed E-state index contributed by atoms with van der Waals surface area (Å²) < 4.78 is 5.57. The molecule has 2 heterocycles. The van der Waals surface area contributed by atoms with Crippen LogP contribution in [-0.4, -0.2) is 16.6 Å². The predicted octanol–water partition coefficient (Wildman–Crippen LogP) is 5.23. The third-order valence-electron chi connectivity index (χ3n) is 4.47. The lowest BCUT2D eigenvalue weighted by Crippen LogP contribution is -2.26. The van der Waals surface area contributed by atoms with Gasteiger partial charge in [-0.2, -0.15) is 5.10 Å². The summed E-state index contributed by atoms with van der Waals surface area (Å²) >= 11 is 5.98. The maximum atomic E-state index is 13.1. The molecule has 0 radical (unpaired) electrons. The zero-order chi connectivity index (χ0) is 18.1. The molecule has 0 fully saturated rings. The highest BCUT2D eigenvalue weighted by molar-refractivity contribution is 6.30. The number of hydrogen-bond acceptors (Lipinski definition) is 3. The van der Waals surface area contributed by atoms with E-state index in [0.717, 1.165) is 22.6 Å². The second-order valence-electron chi connectivity index (χ2n) is 6.30. The Balaban J connectivity index is 1.70. The van der Waals surface area contributed by atoms with Gasteiger partial charge in [0.05, 0.1) is 12.0 Å². The molecule has 1 unspecified atom stereocenters. The van der Waals surface area contributed by atoms with E-state index >= 15 is 0 Å². The molecule has 5 heteroatoms. The Labute approximate surface area is 156 Å². The average Bonchev–Trinajstić information content (AvgIpc) is 3.32. The number of aryl methyl sites for hydroxylation is 1. The van der Waals surface area contributed by atoms with E-state index in [1.54, 1.807) is 6.26 Å². The van der Waals surface area contributed by atoms with Gasteiger partial charge in [-0.15, -0.1) is 0 Å². The van der Waals surface area contributed by atoms with Crippen LogP contribution < -0.4 is 0 Å². The third-order valence-corrected chi connectivity index (χ3v) is 4.72. The number of hydrazone groups is 1. The van der Waals surface area contributed by atoms with Crippen molar-refractivity contribution in [3.05, 3.63) is 94.4 Å². The zero-order valence-corrected chi connectivity index (χ0v) is 15.0. The van der Waals surface area contributed by atoms with Crippen molar-refractivity contribution in [2.45, 2.75) is 19.4 Å². The Morgan fingerprint density at radius 2 is 1.85 bits per heavy atom. The average molecular weight is 365 g/mol. The molecular weight excluding hydrogens is 348 g/mol. The molecule has 0 saturated heterocycles.